The lowest BCUT2D eigenvalue weighted by molar-refractivity contribution is 0.424. The molecule has 1 atom stereocenters. The average molecular weight is 311 g/mol. The minimum absolute atomic E-state index is 0.0262. The quantitative estimate of drug-likeness (QED) is 0.915. The van der Waals surface area contributed by atoms with Crippen LogP contribution >= 0.6 is 0 Å². The van der Waals surface area contributed by atoms with Crippen molar-refractivity contribution >= 4 is 15.7 Å². The van der Waals surface area contributed by atoms with E-state index in [0.29, 0.717) is 6.42 Å². The van der Waals surface area contributed by atoms with Gasteiger partial charge in [-0.05, 0) is 33.3 Å². The fraction of sp³-hybridized carbons (Fsp3) is 0.667. The summed E-state index contributed by atoms with van der Waals surface area (Å²) in [7, 11) is -0.943. The highest BCUT2D eigenvalue weighted by Crippen LogP contribution is 2.24. The van der Waals surface area contributed by atoms with Crippen LogP contribution in [0.15, 0.2) is 18.3 Å². The lowest BCUT2D eigenvalue weighted by atomic mass is 10.1. The second kappa shape index (κ2) is 5.93. The fourth-order valence-corrected chi connectivity index (χ4v) is 4.27. The second-order valence-corrected chi connectivity index (χ2v) is 8.99. The van der Waals surface area contributed by atoms with Crippen LogP contribution in [0.3, 0.4) is 0 Å². The molecular weight excluding hydrogens is 286 g/mol. The highest BCUT2D eigenvalue weighted by molar-refractivity contribution is 7.91. The lowest BCUT2D eigenvalue weighted by Crippen LogP contribution is -2.37. The van der Waals surface area contributed by atoms with Gasteiger partial charge in [-0.3, -0.25) is 0 Å². The maximum Gasteiger partial charge on any atom is 0.152 e. The second-order valence-electron chi connectivity index (χ2n) is 6.76. The van der Waals surface area contributed by atoms with E-state index in [1.54, 1.807) is 6.20 Å². The SMILES string of the molecule is CN(c1ncccc1CNC(C)(C)C)C1CCS(=O)(=O)C1. The highest BCUT2D eigenvalue weighted by Gasteiger charge is 2.31. The Balaban J connectivity index is 2.16. The van der Waals surface area contributed by atoms with Crippen molar-refractivity contribution < 1.29 is 8.42 Å². The minimum atomic E-state index is -2.88. The Labute approximate surface area is 127 Å². The molecule has 2 rings (SSSR count). The van der Waals surface area contributed by atoms with Gasteiger partial charge in [0.1, 0.15) is 5.82 Å². The van der Waals surface area contributed by atoms with Crippen LogP contribution in [0.2, 0.25) is 0 Å². The first-order valence-corrected chi connectivity index (χ1v) is 9.12. The third-order valence-corrected chi connectivity index (χ3v) is 5.52. The van der Waals surface area contributed by atoms with Gasteiger partial charge in [0.2, 0.25) is 0 Å². The fourth-order valence-electron chi connectivity index (χ4n) is 2.50. The number of nitrogens with zero attached hydrogens (tertiary/aromatic N) is 2. The molecule has 1 aliphatic rings. The van der Waals surface area contributed by atoms with Crippen LogP contribution in [0, 0.1) is 0 Å². The van der Waals surface area contributed by atoms with Crippen LogP contribution < -0.4 is 10.2 Å². The summed E-state index contributed by atoms with van der Waals surface area (Å²) in [6.45, 7) is 7.08. The molecule has 5 nitrogen and oxygen atoms in total. The number of pyridine rings is 1. The first kappa shape index (κ1) is 16.2. The van der Waals surface area contributed by atoms with E-state index >= 15 is 0 Å². The van der Waals surface area contributed by atoms with E-state index in [1.807, 2.05) is 24.1 Å². The van der Waals surface area contributed by atoms with Crippen molar-refractivity contribution in [2.24, 2.45) is 0 Å². The Bertz CT molecular complexity index is 593. The van der Waals surface area contributed by atoms with Crippen LogP contribution in [-0.4, -0.2) is 43.5 Å². The van der Waals surface area contributed by atoms with Crippen molar-refractivity contribution in [3.05, 3.63) is 23.9 Å². The number of hydrogen-bond acceptors (Lipinski definition) is 5. The first-order chi connectivity index (χ1) is 9.68. The number of hydrogen-bond donors (Lipinski definition) is 1. The van der Waals surface area contributed by atoms with Gasteiger partial charge in [-0.2, -0.15) is 0 Å². The van der Waals surface area contributed by atoms with E-state index in [0.717, 1.165) is 17.9 Å². The molecule has 118 valence electrons. The molecule has 0 aliphatic carbocycles. The molecule has 1 aromatic heterocycles. The number of anilines is 1. The zero-order valence-electron chi connectivity index (χ0n) is 13.3. The molecule has 1 aromatic rings. The summed E-state index contributed by atoms with van der Waals surface area (Å²) in [5.74, 6) is 1.38. The first-order valence-electron chi connectivity index (χ1n) is 7.30. The Morgan fingerprint density at radius 3 is 2.71 bits per heavy atom. The zero-order chi connectivity index (χ0) is 15.7. The molecule has 1 saturated heterocycles. The van der Waals surface area contributed by atoms with Gasteiger partial charge in [-0.1, -0.05) is 6.07 Å². The van der Waals surface area contributed by atoms with Crippen LogP contribution in [0.5, 0.6) is 0 Å². The van der Waals surface area contributed by atoms with Crippen LogP contribution in [-0.2, 0) is 16.4 Å². The normalized spacial score (nSPS) is 21.4. The molecule has 2 heterocycles. The summed E-state index contributed by atoms with van der Waals surface area (Å²) in [4.78, 5) is 6.48. The van der Waals surface area contributed by atoms with E-state index in [1.165, 1.54) is 0 Å². The summed E-state index contributed by atoms with van der Waals surface area (Å²) in [5.41, 5.74) is 1.13. The van der Waals surface area contributed by atoms with Crippen molar-refractivity contribution in [3.63, 3.8) is 0 Å². The summed E-state index contributed by atoms with van der Waals surface area (Å²) >= 11 is 0. The van der Waals surface area contributed by atoms with Crippen LogP contribution in [0.1, 0.15) is 32.8 Å². The van der Waals surface area contributed by atoms with Crippen molar-refractivity contribution in [2.75, 3.05) is 23.5 Å². The van der Waals surface area contributed by atoms with E-state index in [-0.39, 0.29) is 23.1 Å². The summed E-state index contributed by atoms with van der Waals surface area (Å²) in [6.07, 6.45) is 2.44. The third kappa shape index (κ3) is 4.41. The van der Waals surface area contributed by atoms with Gasteiger partial charge in [-0.15, -0.1) is 0 Å². The highest BCUT2D eigenvalue weighted by atomic mass is 32.2. The molecule has 0 bridgehead atoms. The molecule has 1 unspecified atom stereocenters. The Kier molecular flexibility index (Phi) is 4.58. The molecule has 0 saturated carbocycles. The van der Waals surface area contributed by atoms with Crippen molar-refractivity contribution in [2.45, 2.75) is 45.3 Å². The predicted molar refractivity (Wildman–Crippen MR) is 86.3 cm³/mol. The average Bonchev–Trinajstić information content (AvgIpc) is 2.75. The molecule has 0 amide bonds. The van der Waals surface area contributed by atoms with Crippen molar-refractivity contribution in [1.29, 1.82) is 0 Å². The molecule has 0 aromatic carbocycles. The van der Waals surface area contributed by atoms with Crippen molar-refractivity contribution in [3.8, 4) is 0 Å². The van der Waals surface area contributed by atoms with Gasteiger partial charge in [0, 0.05) is 36.9 Å². The van der Waals surface area contributed by atoms with Crippen LogP contribution in [0.25, 0.3) is 0 Å². The zero-order valence-corrected chi connectivity index (χ0v) is 14.1. The Morgan fingerprint density at radius 1 is 1.43 bits per heavy atom. The molecule has 6 heteroatoms. The Morgan fingerprint density at radius 2 is 2.14 bits per heavy atom. The van der Waals surface area contributed by atoms with Gasteiger partial charge in [0.15, 0.2) is 9.84 Å². The maximum absolute atomic E-state index is 11.7. The van der Waals surface area contributed by atoms with Gasteiger partial charge >= 0.3 is 0 Å². The van der Waals surface area contributed by atoms with Gasteiger partial charge in [0.05, 0.1) is 11.5 Å². The summed E-state index contributed by atoms with van der Waals surface area (Å²) < 4.78 is 23.3. The molecular formula is C15H25N3O2S. The number of aromatic nitrogens is 1. The summed E-state index contributed by atoms with van der Waals surface area (Å²) in [6, 6.07) is 3.99. The summed E-state index contributed by atoms with van der Waals surface area (Å²) in [5, 5.41) is 3.46. The molecule has 21 heavy (non-hydrogen) atoms. The molecule has 1 fully saturated rings. The largest absolute Gasteiger partial charge is 0.355 e. The number of nitrogens with one attached hydrogen (secondary N) is 1. The van der Waals surface area contributed by atoms with E-state index in [2.05, 4.69) is 31.1 Å². The molecule has 1 aliphatic heterocycles. The minimum Gasteiger partial charge on any atom is -0.355 e. The monoisotopic (exact) mass is 311 g/mol. The maximum atomic E-state index is 11.7. The molecule has 1 N–H and O–H groups in total. The lowest BCUT2D eigenvalue weighted by Gasteiger charge is -2.28. The smallest absolute Gasteiger partial charge is 0.152 e. The standard InChI is InChI=1S/C15H25N3O2S/c1-15(2,3)17-10-12-6-5-8-16-14(12)18(4)13-7-9-21(19,20)11-13/h5-6,8,13,17H,7,9-11H2,1-4H3. The third-order valence-electron chi connectivity index (χ3n) is 3.77. The van der Waals surface area contributed by atoms with Gasteiger partial charge in [-0.25, -0.2) is 13.4 Å². The van der Waals surface area contributed by atoms with Crippen molar-refractivity contribution in [1.82, 2.24) is 10.3 Å². The van der Waals surface area contributed by atoms with E-state index in [4.69, 9.17) is 0 Å². The Hall–Kier alpha value is -1.14. The molecule has 0 radical (unpaired) electrons. The van der Waals surface area contributed by atoms with Crippen LogP contribution in [0.4, 0.5) is 5.82 Å². The molecule has 0 spiro atoms. The van der Waals surface area contributed by atoms with Gasteiger partial charge in [0.25, 0.3) is 0 Å². The number of rotatable bonds is 4. The predicted octanol–water partition coefficient (Wildman–Crippen LogP) is 1.59. The van der Waals surface area contributed by atoms with E-state index in [9.17, 15) is 8.42 Å². The van der Waals surface area contributed by atoms with Gasteiger partial charge < -0.3 is 10.2 Å². The number of sulfone groups is 1. The van der Waals surface area contributed by atoms with E-state index < -0.39 is 9.84 Å². The topological polar surface area (TPSA) is 62.3 Å².